The highest BCUT2D eigenvalue weighted by Gasteiger charge is 2.38. The van der Waals surface area contributed by atoms with E-state index < -0.39 is 0 Å². The van der Waals surface area contributed by atoms with E-state index >= 15 is 0 Å². The van der Waals surface area contributed by atoms with Gasteiger partial charge in [0.2, 0.25) is 0 Å². The van der Waals surface area contributed by atoms with Crippen LogP contribution in [0.4, 0.5) is 0 Å². The van der Waals surface area contributed by atoms with Crippen LogP contribution in [0.2, 0.25) is 0 Å². The first-order valence-corrected chi connectivity index (χ1v) is 9.27. The van der Waals surface area contributed by atoms with E-state index in [0.29, 0.717) is 35.8 Å². The van der Waals surface area contributed by atoms with Gasteiger partial charge in [-0.25, -0.2) is 0 Å². The van der Waals surface area contributed by atoms with Crippen LogP contribution in [0.15, 0.2) is 18.2 Å². The number of carbonyl (C=O) groups is 1. The van der Waals surface area contributed by atoms with Crippen molar-refractivity contribution in [3.05, 3.63) is 23.8 Å². The van der Waals surface area contributed by atoms with Crippen LogP contribution in [-0.2, 0) is 0 Å². The molecule has 0 atom stereocenters. The van der Waals surface area contributed by atoms with Crippen molar-refractivity contribution in [3.8, 4) is 11.5 Å². The molecule has 0 heterocycles. The zero-order chi connectivity index (χ0) is 17.1. The molecule has 2 aliphatic carbocycles. The van der Waals surface area contributed by atoms with E-state index in [-0.39, 0.29) is 5.91 Å². The van der Waals surface area contributed by atoms with Crippen molar-refractivity contribution in [2.75, 3.05) is 13.7 Å². The van der Waals surface area contributed by atoms with Crippen LogP contribution in [0.25, 0.3) is 0 Å². The SMILES string of the molecule is CCOc1ccc(C(=O)N(C2CCC(C)CC2)C2CC2)cc1OC. The molecule has 2 saturated carbocycles. The number of ether oxygens (including phenoxy) is 2. The number of hydrogen-bond acceptors (Lipinski definition) is 3. The van der Waals surface area contributed by atoms with Gasteiger partial charge in [-0.1, -0.05) is 6.92 Å². The van der Waals surface area contributed by atoms with Gasteiger partial charge in [-0.15, -0.1) is 0 Å². The van der Waals surface area contributed by atoms with Gasteiger partial charge < -0.3 is 14.4 Å². The van der Waals surface area contributed by atoms with Gasteiger partial charge in [-0.3, -0.25) is 4.79 Å². The van der Waals surface area contributed by atoms with Crippen LogP contribution in [-0.4, -0.2) is 36.6 Å². The van der Waals surface area contributed by atoms with Crippen molar-refractivity contribution in [3.63, 3.8) is 0 Å². The number of methoxy groups -OCH3 is 1. The maximum atomic E-state index is 13.2. The highest BCUT2D eigenvalue weighted by molar-refractivity contribution is 5.95. The monoisotopic (exact) mass is 331 g/mol. The summed E-state index contributed by atoms with van der Waals surface area (Å²) in [5.74, 6) is 2.28. The minimum absolute atomic E-state index is 0.151. The molecule has 24 heavy (non-hydrogen) atoms. The zero-order valence-electron chi connectivity index (χ0n) is 15.1. The molecule has 1 aromatic rings. The van der Waals surface area contributed by atoms with Crippen molar-refractivity contribution in [1.82, 2.24) is 4.90 Å². The Bertz CT molecular complexity index is 574. The summed E-state index contributed by atoms with van der Waals surface area (Å²) < 4.78 is 11.0. The standard InChI is InChI=1S/C20H29NO3/c1-4-24-18-12-7-15(13-19(18)23-3)20(22)21(17-10-11-17)16-8-5-14(2)6-9-16/h7,12-14,16-17H,4-6,8-11H2,1-3H3. The minimum atomic E-state index is 0.151. The lowest BCUT2D eigenvalue weighted by atomic mass is 9.86. The van der Waals surface area contributed by atoms with Crippen molar-refractivity contribution in [2.24, 2.45) is 5.92 Å². The Morgan fingerprint density at radius 3 is 2.25 bits per heavy atom. The van der Waals surface area contributed by atoms with E-state index in [0.717, 1.165) is 31.6 Å². The topological polar surface area (TPSA) is 38.8 Å². The lowest BCUT2D eigenvalue weighted by molar-refractivity contribution is 0.0592. The average Bonchev–Trinajstić information content (AvgIpc) is 3.42. The average molecular weight is 331 g/mol. The predicted octanol–water partition coefficient (Wildman–Crippen LogP) is 4.28. The minimum Gasteiger partial charge on any atom is -0.493 e. The number of hydrogen-bond donors (Lipinski definition) is 0. The Balaban J connectivity index is 1.80. The van der Waals surface area contributed by atoms with Gasteiger partial charge in [-0.2, -0.15) is 0 Å². The van der Waals surface area contributed by atoms with E-state index in [2.05, 4.69) is 11.8 Å². The normalized spacial score (nSPS) is 23.6. The third-order valence-electron chi connectivity index (χ3n) is 5.26. The highest BCUT2D eigenvalue weighted by atomic mass is 16.5. The van der Waals surface area contributed by atoms with Crippen LogP contribution in [0.5, 0.6) is 11.5 Å². The molecule has 0 unspecified atom stereocenters. The molecule has 1 aromatic carbocycles. The smallest absolute Gasteiger partial charge is 0.254 e. The largest absolute Gasteiger partial charge is 0.493 e. The Hall–Kier alpha value is -1.71. The first-order chi connectivity index (χ1) is 11.6. The summed E-state index contributed by atoms with van der Waals surface area (Å²) in [6.07, 6.45) is 7.02. The molecular formula is C20H29NO3. The predicted molar refractivity (Wildman–Crippen MR) is 94.8 cm³/mol. The fraction of sp³-hybridized carbons (Fsp3) is 0.650. The summed E-state index contributed by atoms with van der Waals surface area (Å²) in [7, 11) is 1.62. The molecule has 2 aliphatic rings. The van der Waals surface area contributed by atoms with Crippen LogP contribution >= 0.6 is 0 Å². The highest BCUT2D eigenvalue weighted by Crippen LogP contribution is 2.37. The van der Waals surface area contributed by atoms with E-state index in [4.69, 9.17) is 9.47 Å². The fourth-order valence-electron chi connectivity index (χ4n) is 3.73. The molecule has 0 aromatic heterocycles. The Labute approximate surface area is 145 Å². The number of rotatable bonds is 6. The van der Waals surface area contributed by atoms with Crippen molar-refractivity contribution >= 4 is 5.91 Å². The van der Waals surface area contributed by atoms with Gasteiger partial charge in [0.05, 0.1) is 13.7 Å². The second-order valence-corrected chi connectivity index (χ2v) is 7.16. The zero-order valence-corrected chi connectivity index (χ0v) is 15.1. The lowest BCUT2D eigenvalue weighted by Gasteiger charge is -2.36. The molecule has 1 amide bonds. The van der Waals surface area contributed by atoms with Crippen LogP contribution in [0, 0.1) is 5.92 Å². The first-order valence-electron chi connectivity index (χ1n) is 9.27. The van der Waals surface area contributed by atoms with Gasteiger partial charge in [0, 0.05) is 17.6 Å². The summed E-state index contributed by atoms with van der Waals surface area (Å²) in [6, 6.07) is 6.39. The lowest BCUT2D eigenvalue weighted by Crippen LogP contribution is -2.43. The third kappa shape index (κ3) is 3.68. The Morgan fingerprint density at radius 1 is 1.08 bits per heavy atom. The maximum absolute atomic E-state index is 13.2. The number of nitrogens with zero attached hydrogens (tertiary/aromatic N) is 1. The molecule has 0 saturated heterocycles. The molecule has 2 fully saturated rings. The first kappa shape index (κ1) is 17.1. The molecule has 0 aliphatic heterocycles. The summed E-state index contributed by atoms with van der Waals surface area (Å²) >= 11 is 0. The van der Waals surface area contributed by atoms with Gasteiger partial charge in [-0.05, 0) is 69.6 Å². The van der Waals surface area contributed by atoms with Gasteiger partial charge in [0.25, 0.3) is 5.91 Å². The second kappa shape index (κ2) is 7.45. The number of benzene rings is 1. The van der Waals surface area contributed by atoms with Crippen LogP contribution < -0.4 is 9.47 Å². The van der Waals surface area contributed by atoms with Crippen molar-refractivity contribution < 1.29 is 14.3 Å². The van der Waals surface area contributed by atoms with E-state index in [1.807, 2.05) is 25.1 Å². The molecule has 4 heteroatoms. The van der Waals surface area contributed by atoms with Crippen molar-refractivity contribution in [2.45, 2.75) is 64.5 Å². The maximum Gasteiger partial charge on any atom is 0.254 e. The second-order valence-electron chi connectivity index (χ2n) is 7.16. The summed E-state index contributed by atoms with van der Waals surface area (Å²) in [6.45, 7) is 4.84. The molecule has 4 nitrogen and oxygen atoms in total. The Kier molecular flexibility index (Phi) is 5.32. The summed E-state index contributed by atoms with van der Waals surface area (Å²) in [4.78, 5) is 15.3. The summed E-state index contributed by atoms with van der Waals surface area (Å²) in [5, 5.41) is 0. The van der Waals surface area contributed by atoms with E-state index in [1.165, 1.54) is 12.8 Å². The summed E-state index contributed by atoms with van der Waals surface area (Å²) in [5.41, 5.74) is 0.709. The fourth-order valence-corrected chi connectivity index (χ4v) is 3.73. The quantitative estimate of drug-likeness (QED) is 0.781. The van der Waals surface area contributed by atoms with Gasteiger partial charge in [0.1, 0.15) is 0 Å². The molecule has 0 radical (unpaired) electrons. The van der Waals surface area contributed by atoms with E-state index in [1.54, 1.807) is 7.11 Å². The van der Waals surface area contributed by atoms with Crippen molar-refractivity contribution in [1.29, 1.82) is 0 Å². The number of amides is 1. The molecule has 0 N–H and O–H groups in total. The molecule has 0 bridgehead atoms. The van der Waals surface area contributed by atoms with E-state index in [9.17, 15) is 4.79 Å². The van der Waals surface area contributed by atoms with Gasteiger partial charge in [0.15, 0.2) is 11.5 Å². The van der Waals surface area contributed by atoms with Gasteiger partial charge >= 0.3 is 0 Å². The third-order valence-corrected chi connectivity index (χ3v) is 5.26. The molecular weight excluding hydrogens is 302 g/mol. The van der Waals surface area contributed by atoms with Crippen LogP contribution in [0.1, 0.15) is 62.7 Å². The molecule has 0 spiro atoms. The molecule has 3 rings (SSSR count). The number of carbonyl (C=O) groups excluding carboxylic acids is 1. The van der Waals surface area contributed by atoms with Crippen LogP contribution in [0.3, 0.4) is 0 Å². The Morgan fingerprint density at radius 2 is 1.71 bits per heavy atom. The molecule has 132 valence electrons.